The number of hydrogen-bond donors (Lipinski definition) is 1. The summed E-state index contributed by atoms with van der Waals surface area (Å²) in [5.74, 6) is 0.342. The maximum atomic E-state index is 4.76. The number of fused-ring (bicyclic) bond motifs is 1. The highest BCUT2D eigenvalue weighted by atomic mass is 15.3. The Balaban J connectivity index is 1.74. The number of rotatable bonds is 3. The van der Waals surface area contributed by atoms with Gasteiger partial charge in [0.2, 0.25) is 0 Å². The van der Waals surface area contributed by atoms with Gasteiger partial charge in [0.15, 0.2) is 0 Å². The van der Waals surface area contributed by atoms with Gasteiger partial charge in [0.05, 0.1) is 22.8 Å². The molecule has 1 N–H and O–H groups in total. The van der Waals surface area contributed by atoms with E-state index in [4.69, 9.17) is 10.1 Å². The van der Waals surface area contributed by atoms with E-state index < -0.39 is 0 Å². The van der Waals surface area contributed by atoms with Crippen molar-refractivity contribution in [1.82, 2.24) is 15.4 Å². The number of hydrazone groups is 1. The predicted octanol–water partition coefficient (Wildman–Crippen LogP) is 4.73. The van der Waals surface area contributed by atoms with Crippen LogP contribution in [0.1, 0.15) is 62.4 Å². The van der Waals surface area contributed by atoms with E-state index in [2.05, 4.69) is 35.5 Å². The fourth-order valence-electron chi connectivity index (χ4n) is 3.99. The van der Waals surface area contributed by atoms with Crippen LogP contribution in [0.15, 0.2) is 53.4 Å². The number of allylic oxidation sites excluding steroid dienone is 1. The summed E-state index contributed by atoms with van der Waals surface area (Å²) in [7, 11) is 0. The lowest BCUT2D eigenvalue weighted by Gasteiger charge is -2.30. The molecule has 0 aromatic carbocycles. The van der Waals surface area contributed by atoms with Crippen LogP contribution in [0.3, 0.4) is 0 Å². The second-order valence-electron chi connectivity index (χ2n) is 7.13. The van der Waals surface area contributed by atoms with E-state index in [1.54, 1.807) is 0 Å². The van der Waals surface area contributed by atoms with E-state index in [1.165, 1.54) is 36.8 Å². The lowest BCUT2D eigenvalue weighted by atomic mass is 9.80. The Hall–Kier alpha value is -2.49. The highest BCUT2D eigenvalue weighted by Gasteiger charge is 2.30. The standard InChI is InChI=1S/C22H26N4/c1-2-16-12-13-20(24-15-16)22-18-10-6-4-3-5-9-17(18)21(25-26-22)19-11-7-8-14-23-19/h7-8,11-15,17,26H,2-6,9-10H2,1H3. The third-order valence-corrected chi connectivity index (χ3v) is 5.47. The molecule has 0 spiro atoms. The fraction of sp³-hybridized carbons (Fsp3) is 0.409. The predicted molar refractivity (Wildman–Crippen MR) is 106 cm³/mol. The van der Waals surface area contributed by atoms with Crippen molar-refractivity contribution in [2.45, 2.75) is 51.9 Å². The maximum absolute atomic E-state index is 4.76. The van der Waals surface area contributed by atoms with Gasteiger partial charge in [-0.2, -0.15) is 5.10 Å². The molecule has 2 aliphatic rings. The van der Waals surface area contributed by atoms with Crippen LogP contribution in [0.25, 0.3) is 5.70 Å². The number of hydrogen-bond acceptors (Lipinski definition) is 4. The second kappa shape index (κ2) is 7.81. The van der Waals surface area contributed by atoms with E-state index >= 15 is 0 Å². The van der Waals surface area contributed by atoms with Gasteiger partial charge >= 0.3 is 0 Å². The molecule has 3 heterocycles. The van der Waals surface area contributed by atoms with Crippen LogP contribution in [0.2, 0.25) is 0 Å². The summed E-state index contributed by atoms with van der Waals surface area (Å²) in [6, 6.07) is 10.4. The molecule has 0 saturated heterocycles. The van der Waals surface area contributed by atoms with Crippen molar-refractivity contribution in [1.29, 1.82) is 0 Å². The Morgan fingerprint density at radius 1 is 1.00 bits per heavy atom. The van der Waals surface area contributed by atoms with Gasteiger partial charge < -0.3 is 0 Å². The zero-order valence-corrected chi connectivity index (χ0v) is 15.4. The summed E-state index contributed by atoms with van der Waals surface area (Å²) in [6.07, 6.45) is 12.2. The lowest BCUT2D eigenvalue weighted by Crippen LogP contribution is -2.30. The molecule has 1 aliphatic carbocycles. The average molecular weight is 346 g/mol. The Morgan fingerprint density at radius 2 is 1.92 bits per heavy atom. The van der Waals surface area contributed by atoms with Crippen molar-refractivity contribution >= 4 is 11.4 Å². The van der Waals surface area contributed by atoms with E-state index in [0.29, 0.717) is 5.92 Å². The highest BCUT2D eigenvalue weighted by Crippen LogP contribution is 2.36. The molecule has 4 rings (SSSR count). The Kier molecular flexibility index (Phi) is 5.09. The second-order valence-corrected chi connectivity index (χ2v) is 7.13. The first kappa shape index (κ1) is 17.0. The van der Waals surface area contributed by atoms with Crippen LogP contribution in [0.4, 0.5) is 0 Å². The molecule has 1 aliphatic heterocycles. The van der Waals surface area contributed by atoms with Crippen LogP contribution in [-0.2, 0) is 6.42 Å². The summed E-state index contributed by atoms with van der Waals surface area (Å²) in [4.78, 5) is 9.27. The molecule has 0 radical (unpaired) electrons. The van der Waals surface area contributed by atoms with Gasteiger partial charge in [-0.05, 0) is 55.0 Å². The first-order chi connectivity index (χ1) is 12.9. The molecule has 2 aromatic rings. The monoisotopic (exact) mass is 346 g/mol. The summed E-state index contributed by atoms with van der Waals surface area (Å²) in [5.41, 5.74) is 10.2. The summed E-state index contributed by atoms with van der Waals surface area (Å²) in [6.45, 7) is 2.16. The van der Waals surface area contributed by atoms with Crippen molar-refractivity contribution in [2.75, 3.05) is 0 Å². The molecular formula is C22H26N4. The van der Waals surface area contributed by atoms with E-state index in [1.807, 2.05) is 24.5 Å². The highest BCUT2D eigenvalue weighted by molar-refractivity contribution is 6.04. The molecule has 0 bridgehead atoms. The van der Waals surface area contributed by atoms with Gasteiger partial charge in [-0.15, -0.1) is 0 Å². The maximum Gasteiger partial charge on any atom is 0.0935 e. The third-order valence-electron chi connectivity index (χ3n) is 5.47. The topological polar surface area (TPSA) is 50.2 Å². The van der Waals surface area contributed by atoms with Gasteiger partial charge in [-0.1, -0.05) is 38.3 Å². The normalized spacial score (nSPS) is 20.5. The number of aryl methyl sites for hydroxylation is 1. The third kappa shape index (κ3) is 3.41. The van der Waals surface area contributed by atoms with Gasteiger partial charge in [0.25, 0.3) is 0 Å². The number of nitrogens with one attached hydrogen (secondary N) is 1. The average Bonchev–Trinajstić information content (AvgIpc) is 2.68. The van der Waals surface area contributed by atoms with Crippen LogP contribution in [0, 0.1) is 5.92 Å². The van der Waals surface area contributed by atoms with Gasteiger partial charge in [0, 0.05) is 18.3 Å². The van der Waals surface area contributed by atoms with E-state index in [-0.39, 0.29) is 0 Å². The van der Waals surface area contributed by atoms with Crippen LogP contribution < -0.4 is 5.43 Å². The van der Waals surface area contributed by atoms with Crippen molar-refractivity contribution in [2.24, 2.45) is 11.0 Å². The Morgan fingerprint density at radius 3 is 2.69 bits per heavy atom. The molecule has 1 unspecified atom stereocenters. The minimum absolute atomic E-state index is 0.342. The molecule has 1 saturated carbocycles. The summed E-state index contributed by atoms with van der Waals surface area (Å²) < 4.78 is 0. The van der Waals surface area contributed by atoms with Crippen LogP contribution in [0.5, 0.6) is 0 Å². The fourth-order valence-corrected chi connectivity index (χ4v) is 3.99. The largest absolute Gasteiger partial charge is 0.276 e. The van der Waals surface area contributed by atoms with Crippen LogP contribution >= 0.6 is 0 Å². The van der Waals surface area contributed by atoms with Crippen LogP contribution in [-0.4, -0.2) is 15.7 Å². The van der Waals surface area contributed by atoms with Crippen molar-refractivity contribution < 1.29 is 0 Å². The number of aromatic nitrogens is 2. The first-order valence-corrected chi connectivity index (χ1v) is 9.80. The van der Waals surface area contributed by atoms with Crippen molar-refractivity contribution in [3.05, 3.63) is 65.2 Å². The number of nitrogens with zero attached hydrogens (tertiary/aromatic N) is 3. The first-order valence-electron chi connectivity index (χ1n) is 9.80. The molecule has 26 heavy (non-hydrogen) atoms. The van der Waals surface area contributed by atoms with Crippen molar-refractivity contribution in [3.8, 4) is 0 Å². The molecule has 134 valence electrons. The number of pyridine rings is 2. The molecule has 2 aromatic heterocycles. The Bertz CT molecular complexity index is 806. The van der Waals surface area contributed by atoms with Gasteiger partial charge in [0.1, 0.15) is 0 Å². The molecular weight excluding hydrogens is 320 g/mol. The van der Waals surface area contributed by atoms with Crippen molar-refractivity contribution in [3.63, 3.8) is 0 Å². The minimum Gasteiger partial charge on any atom is -0.276 e. The van der Waals surface area contributed by atoms with E-state index in [9.17, 15) is 0 Å². The van der Waals surface area contributed by atoms with E-state index in [0.717, 1.165) is 42.1 Å². The lowest BCUT2D eigenvalue weighted by molar-refractivity contribution is 0.521. The molecule has 1 fully saturated rings. The molecule has 1 atom stereocenters. The minimum atomic E-state index is 0.342. The van der Waals surface area contributed by atoms with Gasteiger partial charge in [-0.25, -0.2) is 0 Å². The smallest absolute Gasteiger partial charge is 0.0935 e. The quantitative estimate of drug-likeness (QED) is 0.874. The molecule has 0 amide bonds. The SMILES string of the molecule is CCc1ccc(C2=C3CCCCCCC3C(c3ccccn3)=NN2)nc1. The summed E-state index contributed by atoms with van der Waals surface area (Å²) >= 11 is 0. The molecule has 4 heteroatoms. The summed E-state index contributed by atoms with van der Waals surface area (Å²) in [5, 5.41) is 4.76. The zero-order chi connectivity index (χ0) is 17.8. The zero-order valence-electron chi connectivity index (χ0n) is 15.4. The molecule has 4 nitrogen and oxygen atoms in total. The van der Waals surface area contributed by atoms with Gasteiger partial charge in [-0.3, -0.25) is 15.4 Å². The Labute approximate surface area is 155 Å².